The summed E-state index contributed by atoms with van der Waals surface area (Å²) in [6, 6.07) is -0.753. The van der Waals surface area contributed by atoms with Gasteiger partial charge >= 0.3 is 23.9 Å². The van der Waals surface area contributed by atoms with Crippen LogP contribution >= 0.6 is 0 Å². The number of aliphatic carboxylic acids is 3. The molecule has 22 nitrogen and oxygen atoms in total. The van der Waals surface area contributed by atoms with Gasteiger partial charge in [-0.3, -0.25) is 33.9 Å². The van der Waals surface area contributed by atoms with Crippen LogP contribution in [0.15, 0.2) is 24.5 Å². The monoisotopic (exact) mass is 918 g/mol. The smallest absolute Gasteiger partial charge is 0.326 e. The summed E-state index contributed by atoms with van der Waals surface area (Å²) in [5.41, 5.74) is 0.890. The molecule has 0 aromatic carbocycles. The van der Waals surface area contributed by atoms with Crippen molar-refractivity contribution in [2.24, 2.45) is 11.8 Å². The van der Waals surface area contributed by atoms with Gasteiger partial charge in [-0.1, -0.05) is 6.07 Å². The molecule has 3 fully saturated rings. The molecular weight excluding hydrogens is 853 g/mol. The van der Waals surface area contributed by atoms with Gasteiger partial charge in [0.25, 0.3) is 0 Å². The summed E-state index contributed by atoms with van der Waals surface area (Å²) >= 11 is 0. The number of nitrogens with zero attached hydrogens (tertiary/aromatic N) is 2. The summed E-state index contributed by atoms with van der Waals surface area (Å²) in [6.07, 6.45) is 8.52. The van der Waals surface area contributed by atoms with Gasteiger partial charge in [0.1, 0.15) is 18.3 Å². The van der Waals surface area contributed by atoms with Crippen LogP contribution in [-0.4, -0.2) is 154 Å². The number of carboxylic acid groups (broad SMARTS) is 3. The van der Waals surface area contributed by atoms with E-state index in [9.17, 15) is 53.7 Å². The number of hydrogen-bond acceptors (Lipinski definition) is 13. The van der Waals surface area contributed by atoms with E-state index in [2.05, 4.69) is 31.6 Å². The van der Waals surface area contributed by atoms with Crippen molar-refractivity contribution in [1.82, 2.24) is 41.8 Å². The molecule has 0 radical (unpaired) electrons. The number of nitrogens with one attached hydrogen (secondary N) is 6. The fraction of sp³-hybridized carbons (Fsp3) is 0.698. The fourth-order valence-electron chi connectivity index (χ4n) is 8.48. The quantitative estimate of drug-likeness (QED) is 0.0562. The lowest BCUT2D eigenvalue weighted by atomic mass is 9.85. The first kappa shape index (κ1) is 52.2. The van der Waals surface area contributed by atoms with Crippen LogP contribution in [0.4, 0.5) is 4.79 Å². The number of ether oxygens (including phenoxy) is 2. The average molecular weight is 919 g/mol. The molecule has 0 bridgehead atoms. The first-order valence-electron chi connectivity index (χ1n) is 22.5. The topological polar surface area (TPSA) is 324 Å². The third kappa shape index (κ3) is 18.2. The van der Waals surface area contributed by atoms with Crippen LogP contribution in [0.3, 0.4) is 0 Å². The lowest BCUT2D eigenvalue weighted by molar-refractivity contribution is -0.141. The number of hydrogen-bond donors (Lipinski definition) is 10. The van der Waals surface area contributed by atoms with E-state index in [4.69, 9.17) is 14.6 Å². The Morgan fingerprint density at radius 1 is 0.738 bits per heavy atom. The second-order valence-electron chi connectivity index (χ2n) is 16.9. The molecule has 0 spiro atoms. The lowest BCUT2D eigenvalue weighted by Crippen LogP contribution is -2.51. The molecule has 1 aromatic rings. The Labute approximate surface area is 377 Å². The molecule has 362 valence electrons. The van der Waals surface area contributed by atoms with Crippen LogP contribution in [0.5, 0.6) is 0 Å². The Bertz CT molecular complexity index is 1740. The zero-order chi connectivity index (χ0) is 47.3. The minimum atomic E-state index is -1.55. The largest absolute Gasteiger partial charge is 0.481 e. The van der Waals surface area contributed by atoms with Gasteiger partial charge in [-0.25, -0.2) is 14.4 Å². The van der Waals surface area contributed by atoms with Gasteiger partial charge < -0.3 is 61.8 Å². The summed E-state index contributed by atoms with van der Waals surface area (Å²) in [6.45, 7) is 1.47. The highest BCUT2D eigenvalue weighted by Gasteiger charge is 2.43. The molecule has 1 unspecified atom stereocenters. The van der Waals surface area contributed by atoms with Crippen LogP contribution in [0.1, 0.15) is 108 Å². The van der Waals surface area contributed by atoms with Crippen LogP contribution in [0, 0.1) is 11.8 Å². The van der Waals surface area contributed by atoms with Crippen molar-refractivity contribution in [1.29, 1.82) is 0 Å². The summed E-state index contributed by atoms with van der Waals surface area (Å²) in [7, 11) is 1.81. The van der Waals surface area contributed by atoms with E-state index >= 15 is 0 Å². The second kappa shape index (κ2) is 27.1. The molecule has 10 N–H and O–H groups in total. The van der Waals surface area contributed by atoms with E-state index in [1.165, 1.54) is 0 Å². The number of aliphatic hydroxyl groups is 1. The van der Waals surface area contributed by atoms with Crippen molar-refractivity contribution in [3.05, 3.63) is 30.1 Å². The molecule has 6 amide bonds. The number of aliphatic hydroxyl groups excluding tert-OH is 1. The zero-order valence-corrected chi connectivity index (χ0v) is 36.9. The third-order valence-electron chi connectivity index (χ3n) is 12.1. The molecule has 2 saturated carbocycles. The zero-order valence-electron chi connectivity index (χ0n) is 36.9. The number of carbonyl (C=O) groups excluding carboxylic acids is 5. The molecule has 4 rings (SSSR count). The van der Waals surface area contributed by atoms with Crippen molar-refractivity contribution in [2.45, 2.75) is 139 Å². The molecule has 2 aliphatic carbocycles. The molecule has 1 saturated heterocycles. The van der Waals surface area contributed by atoms with Gasteiger partial charge in [0.15, 0.2) is 0 Å². The van der Waals surface area contributed by atoms with Gasteiger partial charge in [-0.15, -0.1) is 0 Å². The summed E-state index contributed by atoms with van der Waals surface area (Å²) in [4.78, 5) is 102. The number of carbonyl (C=O) groups is 8. The van der Waals surface area contributed by atoms with Crippen LogP contribution in [0.25, 0.3) is 0 Å². The van der Waals surface area contributed by atoms with E-state index in [1.54, 1.807) is 17.3 Å². The summed E-state index contributed by atoms with van der Waals surface area (Å²) < 4.78 is 12.1. The minimum Gasteiger partial charge on any atom is -0.481 e. The van der Waals surface area contributed by atoms with E-state index in [1.807, 2.05) is 24.5 Å². The lowest BCUT2D eigenvalue weighted by Gasteiger charge is -2.29. The SMILES string of the molecule is CN1C(O)C[C@H](C(=O)NCCOC2CCC(OCCCC(=O)NC3CCC(C(=O)NCCNC(=O)CC[C@H](NC(=O)N[C@@H](CCC(=O)O)C(=O)O)C(=O)O)CC3)CC2)[C@H]1c1cccnc1. The maximum Gasteiger partial charge on any atom is 0.326 e. The van der Waals surface area contributed by atoms with Crippen molar-refractivity contribution in [3.63, 3.8) is 0 Å². The molecule has 22 heteroatoms. The van der Waals surface area contributed by atoms with Crippen molar-refractivity contribution in [2.75, 3.05) is 39.9 Å². The van der Waals surface area contributed by atoms with Gasteiger partial charge in [-0.2, -0.15) is 0 Å². The maximum atomic E-state index is 13.0. The number of aromatic nitrogens is 1. The van der Waals surface area contributed by atoms with Crippen molar-refractivity contribution < 1.29 is 68.3 Å². The Morgan fingerprint density at radius 3 is 1.94 bits per heavy atom. The van der Waals surface area contributed by atoms with E-state index in [-0.39, 0.29) is 73.9 Å². The second-order valence-corrected chi connectivity index (χ2v) is 16.9. The standard InChI is InChI=1S/C43H66N8O14/c1-51-36(54)24-31(38(51)27-4-2-18-44-25-27)40(58)47-21-23-65-30-12-10-29(11-13-30)64-22-3-5-35(53)48-28-8-6-26(7-9-28)39(57)46-20-19-45-34(52)16-14-32(41(59)60)49-43(63)50-33(42(61)62)15-17-37(55)56/h2,4,18,25-26,28-33,36,38,54H,3,5-17,19-24H2,1H3,(H,45,52)(H,46,57)(H,47,58)(H,48,53)(H,55,56)(H,59,60)(H,61,62)(H2,49,50,63)/t26?,28?,29?,30?,31-,32-,33-,36?,38+/m0/s1. The Kier molecular flexibility index (Phi) is 21.8. The maximum absolute atomic E-state index is 13.0. The molecule has 2 heterocycles. The highest BCUT2D eigenvalue weighted by molar-refractivity contribution is 5.87. The number of likely N-dealkylation sites (tertiary alicyclic amines) is 1. The first-order valence-corrected chi connectivity index (χ1v) is 22.5. The molecule has 5 atom stereocenters. The van der Waals surface area contributed by atoms with Gasteiger partial charge in [-0.05, 0) is 89.3 Å². The van der Waals surface area contributed by atoms with Crippen LogP contribution in [-0.2, 0) is 43.0 Å². The van der Waals surface area contributed by atoms with E-state index in [0.717, 1.165) is 31.2 Å². The number of carboxylic acids is 3. The first-order chi connectivity index (χ1) is 31.1. The molecule has 65 heavy (non-hydrogen) atoms. The van der Waals surface area contributed by atoms with Crippen LogP contribution < -0.4 is 31.9 Å². The number of amides is 6. The summed E-state index contributed by atoms with van der Waals surface area (Å²) in [5, 5.41) is 53.2. The highest BCUT2D eigenvalue weighted by Crippen LogP contribution is 2.39. The highest BCUT2D eigenvalue weighted by atomic mass is 16.5. The van der Waals surface area contributed by atoms with Gasteiger partial charge in [0, 0.05) is 76.3 Å². The van der Waals surface area contributed by atoms with Crippen molar-refractivity contribution in [3.8, 4) is 0 Å². The average Bonchev–Trinajstić information content (AvgIpc) is 3.58. The minimum absolute atomic E-state index is 0.0258. The third-order valence-corrected chi connectivity index (χ3v) is 12.1. The molecule has 1 aliphatic heterocycles. The van der Waals surface area contributed by atoms with E-state index < -0.39 is 66.9 Å². The fourth-order valence-corrected chi connectivity index (χ4v) is 8.48. The van der Waals surface area contributed by atoms with Crippen LogP contribution in [0.2, 0.25) is 0 Å². The Hall–Kier alpha value is -5.45. The van der Waals surface area contributed by atoms with Gasteiger partial charge in [0.05, 0.1) is 30.8 Å². The predicted molar refractivity (Wildman–Crippen MR) is 230 cm³/mol. The normalized spacial score (nSPS) is 24.1. The Morgan fingerprint density at radius 2 is 1.34 bits per heavy atom. The molecule has 3 aliphatic rings. The predicted octanol–water partition coefficient (Wildman–Crippen LogP) is 0.392. The Balaban J connectivity index is 0.981. The molecule has 1 aromatic heterocycles. The number of urea groups is 1. The number of rotatable bonds is 26. The van der Waals surface area contributed by atoms with Crippen molar-refractivity contribution >= 4 is 47.6 Å². The number of pyridine rings is 1. The van der Waals surface area contributed by atoms with Gasteiger partial charge in [0.2, 0.25) is 23.6 Å². The summed E-state index contributed by atoms with van der Waals surface area (Å²) in [5.74, 6) is -5.71. The molecular formula is C43H66N8O14. The van der Waals surface area contributed by atoms with E-state index in [0.29, 0.717) is 64.7 Å².